The zero-order valence-corrected chi connectivity index (χ0v) is 12.9. The summed E-state index contributed by atoms with van der Waals surface area (Å²) in [6.45, 7) is 7.26. The summed E-state index contributed by atoms with van der Waals surface area (Å²) in [6.07, 6.45) is 8.63. The highest BCUT2D eigenvalue weighted by Crippen LogP contribution is 2.31. The van der Waals surface area contributed by atoms with Gasteiger partial charge in [0.15, 0.2) is 0 Å². The quantitative estimate of drug-likeness (QED) is 0.861. The van der Waals surface area contributed by atoms with E-state index < -0.39 is 11.5 Å². The van der Waals surface area contributed by atoms with Gasteiger partial charge in [-0.1, -0.05) is 19.8 Å². The van der Waals surface area contributed by atoms with E-state index in [1.54, 1.807) is 0 Å². The molecule has 116 valence electrons. The van der Waals surface area contributed by atoms with Crippen LogP contribution >= 0.6 is 0 Å². The van der Waals surface area contributed by atoms with Crippen LogP contribution in [0.4, 0.5) is 0 Å². The number of likely N-dealkylation sites (tertiary alicyclic amines) is 2. The van der Waals surface area contributed by atoms with Gasteiger partial charge in [-0.15, -0.1) is 0 Å². The molecule has 4 nitrogen and oxygen atoms in total. The molecule has 0 aromatic rings. The zero-order chi connectivity index (χ0) is 14.4. The maximum atomic E-state index is 12.0. The molecule has 2 saturated heterocycles. The molecule has 0 aromatic heterocycles. The fourth-order valence-electron chi connectivity index (χ4n) is 3.88. The average Bonchev–Trinajstić information content (AvgIpc) is 2.80. The van der Waals surface area contributed by atoms with Crippen molar-refractivity contribution in [2.45, 2.75) is 63.8 Å². The van der Waals surface area contributed by atoms with Crippen LogP contribution in [0.25, 0.3) is 0 Å². The van der Waals surface area contributed by atoms with E-state index >= 15 is 0 Å². The molecule has 0 saturated carbocycles. The Balaban J connectivity index is 2.10. The van der Waals surface area contributed by atoms with Gasteiger partial charge in [0.1, 0.15) is 5.54 Å². The minimum atomic E-state index is -0.590. The highest BCUT2D eigenvalue weighted by Gasteiger charge is 2.44. The minimum absolute atomic E-state index is 0.585. The van der Waals surface area contributed by atoms with Crippen LogP contribution < -0.4 is 0 Å². The van der Waals surface area contributed by atoms with Crippen molar-refractivity contribution in [1.29, 1.82) is 0 Å². The second-order valence-electron chi connectivity index (χ2n) is 6.43. The van der Waals surface area contributed by atoms with E-state index in [-0.39, 0.29) is 0 Å². The molecule has 1 atom stereocenters. The van der Waals surface area contributed by atoms with Crippen LogP contribution in [-0.2, 0) is 4.79 Å². The maximum absolute atomic E-state index is 12.0. The van der Waals surface area contributed by atoms with Crippen LogP contribution in [0.3, 0.4) is 0 Å². The third kappa shape index (κ3) is 3.53. The molecule has 0 amide bonds. The standard InChI is InChI=1S/C16H30N2O2/c1-2-10-17-11-7-8-16(9-14-17,15(19)20)18-12-5-3-4-6-13-18/h2-14H2,1H3,(H,19,20). The maximum Gasteiger partial charge on any atom is 0.324 e. The summed E-state index contributed by atoms with van der Waals surface area (Å²) in [5.41, 5.74) is -0.590. The molecule has 4 heteroatoms. The fourth-order valence-corrected chi connectivity index (χ4v) is 3.88. The van der Waals surface area contributed by atoms with Gasteiger partial charge in [-0.3, -0.25) is 9.69 Å². The van der Waals surface area contributed by atoms with Crippen molar-refractivity contribution < 1.29 is 9.90 Å². The number of carbonyl (C=O) groups is 1. The highest BCUT2D eigenvalue weighted by molar-refractivity contribution is 5.79. The zero-order valence-electron chi connectivity index (χ0n) is 12.9. The molecule has 20 heavy (non-hydrogen) atoms. The summed E-state index contributed by atoms with van der Waals surface area (Å²) in [5.74, 6) is -0.585. The largest absolute Gasteiger partial charge is 0.480 e. The molecule has 2 aliphatic heterocycles. The summed E-state index contributed by atoms with van der Waals surface area (Å²) in [4.78, 5) is 16.8. The van der Waals surface area contributed by atoms with Gasteiger partial charge in [-0.2, -0.15) is 0 Å². The number of nitrogens with zero attached hydrogens (tertiary/aromatic N) is 2. The van der Waals surface area contributed by atoms with Gasteiger partial charge in [0, 0.05) is 6.54 Å². The Morgan fingerprint density at radius 2 is 1.70 bits per heavy atom. The number of aliphatic carboxylic acids is 1. The average molecular weight is 282 g/mol. The van der Waals surface area contributed by atoms with Gasteiger partial charge < -0.3 is 10.0 Å². The molecule has 1 unspecified atom stereocenters. The lowest BCUT2D eigenvalue weighted by Crippen LogP contribution is -2.55. The summed E-state index contributed by atoms with van der Waals surface area (Å²) in [7, 11) is 0. The van der Waals surface area contributed by atoms with E-state index in [0.717, 1.165) is 71.2 Å². The van der Waals surface area contributed by atoms with Crippen molar-refractivity contribution >= 4 is 5.97 Å². The van der Waals surface area contributed by atoms with Crippen LogP contribution in [0.2, 0.25) is 0 Å². The second kappa shape index (κ2) is 7.41. The predicted octanol–water partition coefficient (Wildman–Crippen LogP) is 2.58. The first-order valence-corrected chi connectivity index (χ1v) is 8.40. The van der Waals surface area contributed by atoms with E-state index in [1.165, 1.54) is 12.8 Å². The molecule has 0 aromatic carbocycles. The first-order chi connectivity index (χ1) is 9.69. The first kappa shape index (κ1) is 15.8. The van der Waals surface area contributed by atoms with Crippen LogP contribution in [0.1, 0.15) is 58.3 Å². The Bertz CT molecular complexity index is 314. The Labute approximate surface area is 123 Å². The van der Waals surface area contributed by atoms with E-state index in [0.29, 0.717) is 0 Å². The normalized spacial score (nSPS) is 30.6. The summed E-state index contributed by atoms with van der Waals surface area (Å²) < 4.78 is 0. The summed E-state index contributed by atoms with van der Waals surface area (Å²) >= 11 is 0. The lowest BCUT2D eigenvalue weighted by molar-refractivity contribution is -0.152. The van der Waals surface area contributed by atoms with Gasteiger partial charge in [0.25, 0.3) is 0 Å². The predicted molar refractivity (Wildman–Crippen MR) is 81.0 cm³/mol. The molecule has 2 rings (SSSR count). The molecule has 0 radical (unpaired) electrons. The molecule has 2 heterocycles. The Morgan fingerprint density at radius 1 is 1.00 bits per heavy atom. The summed E-state index contributed by atoms with van der Waals surface area (Å²) in [5, 5.41) is 9.91. The molecule has 2 aliphatic rings. The van der Waals surface area contributed by atoms with Gasteiger partial charge in [-0.25, -0.2) is 0 Å². The Morgan fingerprint density at radius 3 is 2.30 bits per heavy atom. The van der Waals surface area contributed by atoms with Crippen molar-refractivity contribution in [2.75, 3.05) is 32.7 Å². The SMILES string of the molecule is CCCN1CCCC(C(=O)O)(N2CCCCCC2)CC1. The molecular weight excluding hydrogens is 252 g/mol. The summed E-state index contributed by atoms with van der Waals surface area (Å²) in [6, 6.07) is 0. The Kier molecular flexibility index (Phi) is 5.85. The first-order valence-electron chi connectivity index (χ1n) is 8.40. The Hall–Kier alpha value is -0.610. The number of hydrogen-bond acceptors (Lipinski definition) is 3. The van der Waals surface area contributed by atoms with Crippen molar-refractivity contribution in [3.8, 4) is 0 Å². The smallest absolute Gasteiger partial charge is 0.324 e. The highest BCUT2D eigenvalue weighted by atomic mass is 16.4. The van der Waals surface area contributed by atoms with Gasteiger partial charge in [0.2, 0.25) is 0 Å². The number of carboxylic acids is 1. The second-order valence-corrected chi connectivity index (χ2v) is 6.43. The number of hydrogen-bond donors (Lipinski definition) is 1. The third-order valence-electron chi connectivity index (χ3n) is 5.06. The molecule has 2 fully saturated rings. The number of carboxylic acid groups (broad SMARTS) is 1. The fraction of sp³-hybridized carbons (Fsp3) is 0.938. The molecule has 1 N–H and O–H groups in total. The molecule has 0 bridgehead atoms. The van der Waals surface area contributed by atoms with Gasteiger partial charge in [-0.05, 0) is 64.7 Å². The van der Waals surface area contributed by atoms with Crippen LogP contribution in [0.5, 0.6) is 0 Å². The minimum Gasteiger partial charge on any atom is -0.480 e. The van der Waals surface area contributed by atoms with Gasteiger partial charge in [0.05, 0.1) is 0 Å². The topological polar surface area (TPSA) is 43.8 Å². The molecule has 0 spiro atoms. The van der Waals surface area contributed by atoms with Crippen molar-refractivity contribution in [3.05, 3.63) is 0 Å². The molecule has 0 aliphatic carbocycles. The van der Waals surface area contributed by atoms with Crippen LogP contribution in [0.15, 0.2) is 0 Å². The lowest BCUT2D eigenvalue weighted by atomic mass is 9.88. The van der Waals surface area contributed by atoms with E-state index in [4.69, 9.17) is 0 Å². The third-order valence-corrected chi connectivity index (χ3v) is 5.06. The van der Waals surface area contributed by atoms with E-state index in [1.807, 2.05) is 0 Å². The van der Waals surface area contributed by atoms with Crippen molar-refractivity contribution in [1.82, 2.24) is 9.80 Å². The lowest BCUT2D eigenvalue weighted by Gasteiger charge is -2.39. The van der Waals surface area contributed by atoms with Crippen molar-refractivity contribution in [2.24, 2.45) is 0 Å². The molecular formula is C16H30N2O2. The van der Waals surface area contributed by atoms with Crippen LogP contribution in [0, 0.1) is 0 Å². The van der Waals surface area contributed by atoms with Gasteiger partial charge >= 0.3 is 5.97 Å². The monoisotopic (exact) mass is 282 g/mol. The van der Waals surface area contributed by atoms with Crippen molar-refractivity contribution in [3.63, 3.8) is 0 Å². The van der Waals surface area contributed by atoms with E-state index in [9.17, 15) is 9.90 Å². The van der Waals surface area contributed by atoms with E-state index in [2.05, 4.69) is 16.7 Å². The number of rotatable bonds is 4. The van der Waals surface area contributed by atoms with Crippen LogP contribution in [-0.4, -0.2) is 59.1 Å².